The molecule has 0 spiro atoms. The zero-order chi connectivity index (χ0) is 17.8. The van der Waals surface area contributed by atoms with Crippen molar-refractivity contribution < 1.29 is 13.9 Å². The molecule has 0 aromatic heterocycles. The second-order valence-corrected chi connectivity index (χ2v) is 7.23. The van der Waals surface area contributed by atoms with E-state index in [1.807, 2.05) is 25.1 Å². The van der Waals surface area contributed by atoms with Crippen LogP contribution in [0.3, 0.4) is 0 Å². The maximum Gasteiger partial charge on any atom is 0.318 e. The van der Waals surface area contributed by atoms with Gasteiger partial charge in [-0.2, -0.15) is 0 Å². The van der Waals surface area contributed by atoms with Gasteiger partial charge in [0.2, 0.25) is 0 Å². The lowest BCUT2D eigenvalue weighted by Crippen LogP contribution is -2.47. The summed E-state index contributed by atoms with van der Waals surface area (Å²) >= 11 is 0. The Hall–Kier alpha value is -1.66. The normalized spacial score (nSPS) is 22.2. The predicted molar refractivity (Wildman–Crippen MR) is 95.1 cm³/mol. The molecule has 138 valence electrons. The number of urea groups is 1. The van der Waals surface area contributed by atoms with Gasteiger partial charge in [0, 0.05) is 26.2 Å². The number of benzene rings is 1. The molecule has 1 N–H and O–H groups in total. The smallest absolute Gasteiger partial charge is 0.318 e. The minimum absolute atomic E-state index is 0.0838. The number of amides is 2. The molecule has 1 aliphatic carbocycles. The molecular weight excluding hydrogens is 321 g/mol. The van der Waals surface area contributed by atoms with Gasteiger partial charge in [-0.15, -0.1) is 0 Å². The number of halogens is 1. The first-order chi connectivity index (χ1) is 12.0. The van der Waals surface area contributed by atoms with Gasteiger partial charge in [0.1, 0.15) is 5.82 Å². The van der Waals surface area contributed by atoms with Crippen LogP contribution in [0.4, 0.5) is 9.18 Å². The van der Waals surface area contributed by atoms with Gasteiger partial charge in [-0.25, -0.2) is 9.18 Å². The Morgan fingerprint density at radius 2 is 2.16 bits per heavy atom. The van der Waals surface area contributed by atoms with E-state index in [1.54, 1.807) is 6.07 Å². The van der Waals surface area contributed by atoms with Crippen molar-refractivity contribution in [1.29, 1.82) is 0 Å². The monoisotopic (exact) mass is 349 g/mol. The minimum Gasteiger partial charge on any atom is -0.376 e. The Kier molecular flexibility index (Phi) is 5.91. The van der Waals surface area contributed by atoms with Crippen molar-refractivity contribution >= 4 is 6.03 Å². The summed E-state index contributed by atoms with van der Waals surface area (Å²) < 4.78 is 19.6. The maximum atomic E-state index is 13.9. The Bertz CT molecular complexity index is 602. The molecule has 3 rings (SSSR count). The first kappa shape index (κ1) is 18.1. The average Bonchev–Trinajstić information content (AvgIpc) is 3.22. The van der Waals surface area contributed by atoms with Crippen LogP contribution < -0.4 is 5.32 Å². The van der Waals surface area contributed by atoms with Gasteiger partial charge in [0.05, 0.1) is 12.1 Å². The molecule has 1 saturated heterocycles. The highest BCUT2D eigenvalue weighted by atomic mass is 19.1. The molecule has 5 nitrogen and oxygen atoms in total. The van der Waals surface area contributed by atoms with Crippen LogP contribution in [0.5, 0.6) is 0 Å². The van der Waals surface area contributed by atoms with Crippen molar-refractivity contribution in [3.8, 4) is 0 Å². The number of hydrogen-bond acceptors (Lipinski definition) is 3. The van der Waals surface area contributed by atoms with E-state index < -0.39 is 0 Å². The zero-order valence-electron chi connectivity index (χ0n) is 15.1. The number of nitrogens with one attached hydrogen (secondary N) is 1. The molecule has 25 heavy (non-hydrogen) atoms. The molecule has 0 saturated carbocycles. The molecular formula is C19H28FN3O2. The van der Waals surface area contributed by atoms with Crippen LogP contribution in [0, 0.1) is 5.82 Å². The SMILES string of the molecule is CN(C)CCN(C[C@H]1CCCO1)C(=O)N[C@H]1CCc2c(F)cccc21. The molecule has 1 aromatic carbocycles. The van der Waals surface area contributed by atoms with Gasteiger partial charge in [-0.05, 0) is 57.0 Å². The van der Waals surface area contributed by atoms with Crippen LogP contribution in [-0.4, -0.2) is 62.3 Å². The lowest BCUT2D eigenvalue weighted by atomic mass is 10.1. The summed E-state index contributed by atoms with van der Waals surface area (Å²) in [5.74, 6) is -0.168. The number of hydrogen-bond donors (Lipinski definition) is 1. The third-order valence-corrected chi connectivity index (χ3v) is 5.06. The van der Waals surface area contributed by atoms with Crippen LogP contribution in [-0.2, 0) is 11.2 Å². The number of fused-ring (bicyclic) bond motifs is 1. The van der Waals surface area contributed by atoms with E-state index in [2.05, 4.69) is 10.2 Å². The van der Waals surface area contributed by atoms with Crippen LogP contribution in [0.25, 0.3) is 0 Å². The summed E-state index contributed by atoms with van der Waals surface area (Å²) in [6, 6.07) is 4.93. The fourth-order valence-electron chi connectivity index (χ4n) is 3.63. The Labute approximate surface area is 149 Å². The molecule has 0 radical (unpaired) electrons. The van der Waals surface area contributed by atoms with E-state index in [1.165, 1.54) is 6.07 Å². The van der Waals surface area contributed by atoms with Gasteiger partial charge in [0.25, 0.3) is 0 Å². The van der Waals surface area contributed by atoms with Gasteiger partial charge in [-0.3, -0.25) is 0 Å². The Balaban J connectivity index is 1.64. The van der Waals surface area contributed by atoms with Crippen LogP contribution in [0.1, 0.15) is 36.4 Å². The average molecular weight is 349 g/mol. The number of nitrogens with zero attached hydrogens (tertiary/aromatic N) is 2. The van der Waals surface area contributed by atoms with Crippen molar-refractivity contribution in [1.82, 2.24) is 15.1 Å². The third kappa shape index (κ3) is 4.50. The van der Waals surface area contributed by atoms with Crippen molar-refractivity contribution in [2.45, 2.75) is 37.8 Å². The Morgan fingerprint density at radius 3 is 2.88 bits per heavy atom. The number of ether oxygens (including phenoxy) is 1. The molecule has 0 unspecified atom stereocenters. The molecule has 2 atom stereocenters. The second-order valence-electron chi connectivity index (χ2n) is 7.23. The van der Waals surface area contributed by atoms with Crippen molar-refractivity contribution in [2.75, 3.05) is 40.3 Å². The van der Waals surface area contributed by atoms with Gasteiger partial charge >= 0.3 is 6.03 Å². The maximum absolute atomic E-state index is 13.9. The largest absolute Gasteiger partial charge is 0.376 e. The third-order valence-electron chi connectivity index (χ3n) is 5.06. The highest BCUT2D eigenvalue weighted by molar-refractivity contribution is 5.75. The van der Waals surface area contributed by atoms with Crippen LogP contribution in [0.15, 0.2) is 18.2 Å². The molecule has 2 aliphatic rings. The highest BCUT2D eigenvalue weighted by Crippen LogP contribution is 2.32. The quantitative estimate of drug-likeness (QED) is 0.858. The molecule has 1 heterocycles. The van der Waals surface area contributed by atoms with Crippen LogP contribution >= 0.6 is 0 Å². The highest BCUT2D eigenvalue weighted by Gasteiger charge is 2.29. The predicted octanol–water partition coefficient (Wildman–Crippen LogP) is 2.57. The van der Waals surface area contributed by atoms with E-state index in [0.717, 1.165) is 43.5 Å². The molecule has 1 aromatic rings. The second kappa shape index (κ2) is 8.15. The van der Waals surface area contributed by atoms with Crippen molar-refractivity contribution in [3.05, 3.63) is 35.1 Å². The topological polar surface area (TPSA) is 44.8 Å². The van der Waals surface area contributed by atoms with E-state index >= 15 is 0 Å². The number of likely N-dealkylation sites (N-methyl/N-ethyl adjacent to an activating group) is 1. The molecule has 0 bridgehead atoms. The first-order valence-corrected chi connectivity index (χ1v) is 9.13. The lowest BCUT2D eigenvalue weighted by molar-refractivity contribution is 0.0790. The standard InChI is InChI=1S/C19H28FN3O2/c1-22(2)10-11-23(13-14-5-4-12-25-14)19(24)21-18-9-8-15-16(18)6-3-7-17(15)20/h3,6-7,14,18H,4-5,8-13H2,1-2H3,(H,21,24)/t14-,18+/m1/s1. The molecule has 1 aliphatic heterocycles. The van der Waals surface area contributed by atoms with Crippen molar-refractivity contribution in [2.24, 2.45) is 0 Å². The molecule has 6 heteroatoms. The van der Waals surface area contributed by atoms with Gasteiger partial charge < -0.3 is 19.9 Å². The van der Waals surface area contributed by atoms with E-state index in [9.17, 15) is 9.18 Å². The Morgan fingerprint density at radius 1 is 1.32 bits per heavy atom. The number of carbonyl (C=O) groups excluding carboxylic acids is 1. The summed E-state index contributed by atoms with van der Waals surface area (Å²) in [6.07, 6.45) is 3.62. The van der Waals surface area contributed by atoms with Gasteiger partial charge in [0.15, 0.2) is 0 Å². The van der Waals surface area contributed by atoms with E-state index in [4.69, 9.17) is 4.74 Å². The summed E-state index contributed by atoms with van der Waals surface area (Å²) in [6.45, 7) is 2.85. The van der Waals surface area contributed by atoms with Crippen molar-refractivity contribution in [3.63, 3.8) is 0 Å². The first-order valence-electron chi connectivity index (χ1n) is 9.13. The molecule has 2 amide bonds. The minimum atomic E-state index is -0.168. The van der Waals surface area contributed by atoms with E-state index in [0.29, 0.717) is 19.5 Å². The fraction of sp³-hybridized carbons (Fsp3) is 0.632. The number of rotatable bonds is 6. The lowest BCUT2D eigenvalue weighted by Gasteiger charge is -2.28. The molecule has 1 fully saturated rings. The zero-order valence-corrected chi connectivity index (χ0v) is 15.1. The summed E-state index contributed by atoms with van der Waals surface area (Å²) in [7, 11) is 4.00. The van der Waals surface area contributed by atoms with E-state index in [-0.39, 0.29) is 24.0 Å². The fourth-order valence-corrected chi connectivity index (χ4v) is 3.63. The summed E-state index contributed by atoms with van der Waals surface area (Å²) in [5, 5.41) is 3.11. The number of carbonyl (C=O) groups is 1. The van der Waals surface area contributed by atoms with Crippen LogP contribution in [0.2, 0.25) is 0 Å². The van der Waals surface area contributed by atoms with Gasteiger partial charge in [-0.1, -0.05) is 12.1 Å². The summed E-state index contributed by atoms with van der Waals surface area (Å²) in [4.78, 5) is 16.7. The summed E-state index contributed by atoms with van der Waals surface area (Å²) in [5.41, 5.74) is 1.66.